The number of likely N-dealkylation sites (tertiary alicyclic amines) is 1. The summed E-state index contributed by atoms with van der Waals surface area (Å²) in [7, 11) is 0. The average molecular weight is 391 g/mol. The Hall–Kier alpha value is -1.72. The van der Waals surface area contributed by atoms with Gasteiger partial charge in [-0.1, -0.05) is 40.2 Å². The number of anilines is 1. The van der Waals surface area contributed by atoms with Crippen molar-refractivity contribution in [3.05, 3.63) is 64.4 Å². The number of hydrogen-bond acceptors (Lipinski definition) is 2. The number of nitrogens with one attached hydrogen (secondary N) is 1. The second kappa shape index (κ2) is 7.90. The standard InChI is InChI=1S/C19H20BrFN2O/c20-16-7-3-8-17(11-16)22-19(24)15-6-4-10-23(13-15)12-14-5-1-2-9-18(14)21/h1-3,5,7-9,11,15H,4,6,10,12-13H2,(H,22,24). The molecule has 0 spiro atoms. The molecule has 5 heteroatoms. The molecule has 126 valence electrons. The summed E-state index contributed by atoms with van der Waals surface area (Å²) < 4.78 is 14.8. The van der Waals surface area contributed by atoms with E-state index in [1.165, 1.54) is 6.07 Å². The van der Waals surface area contributed by atoms with Crippen LogP contribution in [0.4, 0.5) is 10.1 Å². The lowest BCUT2D eigenvalue weighted by atomic mass is 9.96. The maximum atomic E-state index is 13.8. The Morgan fingerprint density at radius 2 is 2.08 bits per heavy atom. The van der Waals surface area contributed by atoms with Gasteiger partial charge in [-0.3, -0.25) is 9.69 Å². The molecule has 0 aromatic heterocycles. The smallest absolute Gasteiger partial charge is 0.228 e. The zero-order chi connectivity index (χ0) is 16.9. The van der Waals surface area contributed by atoms with Crippen molar-refractivity contribution in [2.75, 3.05) is 18.4 Å². The highest BCUT2D eigenvalue weighted by atomic mass is 79.9. The fourth-order valence-electron chi connectivity index (χ4n) is 3.09. The topological polar surface area (TPSA) is 32.3 Å². The van der Waals surface area contributed by atoms with Crippen molar-refractivity contribution in [3.63, 3.8) is 0 Å². The van der Waals surface area contributed by atoms with Crippen molar-refractivity contribution in [1.82, 2.24) is 4.90 Å². The van der Waals surface area contributed by atoms with Gasteiger partial charge in [-0.05, 0) is 43.7 Å². The minimum atomic E-state index is -0.182. The summed E-state index contributed by atoms with van der Waals surface area (Å²) >= 11 is 3.41. The predicted octanol–water partition coefficient (Wildman–Crippen LogP) is 4.44. The van der Waals surface area contributed by atoms with Crippen LogP contribution >= 0.6 is 15.9 Å². The third-order valence-electron chi connectivity index (χ3n) is 4.32. The van der Waals surface area contributed by atoms with Gasteiger partial charge < -0.3 is 5.32 Å². The first-order chi connectivity index (χ1) is 11.6. The van der Waals surface area contributed by atoms with Crippen LogP contribution in [0.25, 0.3) is 0 Å². The molecule has 0 aliphatic carbocycles. The molecule has 1 unspecified atom stereocenters. The summed E-state index contributed by atoms with van der Waals surface area (Å²) in [6.45, 7) is 2.11. The van der Waals surface area contributed by atoms with Crippen LogP contribution in [0.2, 0.25) is 0 Å². The lowest BCUT2D eigenvalue weighted by molar-refractivity contribution is -0.121. The van der Waals surface area contributed by atoms with Crippen LogP contribution in [0, 0.1) is 11.7 Å². The molecule has 1 heterocycles. The van der Waals surface area contributed by atoms with Gasteiger partial charge in [0.25, 0.3) is 0 Å². The number of carbonyl (C=O) groups excluding carboxylic acids is 1. The highest BCUT2D eigenvalue weighted by Crippen LogP contribution is 2.22. The first-order valence-electron chi connectivity index (χ1n) is 8.14. The Balaban J connectivity index is 1.60. The Morgan fingerprint density at radius 3 is 2.88 bits per heavy atom. The first-order valence-corrected chi connectivity index (χ1v) is 8.93. The van der Waals surface area contributed by atoms with Gasteiger partial charge in [0.15, 0.2) is 0 Å². The van der Waals surface area contributed by atoms with Crippen molar-refractivity contribution in [1.29, 1.82) is 0 Å². The fourth-order valence-corrected chi connectivity index (χ4v) is 3.49. The second-order valence-corrected chi connectivity index (χ2v) is 7.08. The van der Waals surface area contributed by atoms with Gasteiger partial charge in [0.1, 0.15) is 5.82 Å². The third-order valence-corrected chi connectivity index (χ3v) is 4.81. The molecule has 1 aliphatic heterocycles. The molecule has 0 bridgehead atoms. The average Bonchev–Trinajstić information content (AvgIpc) is 2.57. The molecular weight excluding hydrogens is 371 g/mol. The molecule has 24 heavy (non-hydrogen) atoms. The quantitative estimate of drug-likeness (QED) is 0.836. The maximum absolute atomic E-state index is 13.8. The molecule has 0 radical (unpaired) electrons. The van der Waals surface area contributed by atoms with E-state index in [1.807, 2.05) is 30.3 Å². The number of nitrogens with zero attached hydrogens (tertiary/aromatic N) is 1. The molecule has 1 amide bonds. The lowest BCUT2D eigenvalue weighted by Crippen LogP contribution is -2.40. The van der Waals surface area contributed by atoms with Gasteiger partial charge in [0, 0.05) is 28.8 Å². The minimum absolute atomic E-state index is 0.0336. The maximum Gasteiger partial charge on any atom is 0.228 e. The summed E-state index contributed by atoms with van der Waals surface area (Å²) in [5.41, 5.74) is 1.48. The van der Waals surface area contributed by atoms with Crippen molar-refractivity contribution >= 4 is 27.5 Å². The van der Waals surface area contributed by atoms with Crippen LogP contribution in [-0.2, 0) is 11.3 Å². The van der Waals surface area contributed by atoms with E-state index in [0.29, 0.717) is 18.7 Å². The van der Waals surface area contributed by atoms with E-state index < -0.39 is 0 Å². The van der Waals surface area contributed by atoms with E-state index >= 15 is 0 Å². The number of benzene rings is 2. The zero-order valence-electron chi connectivity index (χ0n) is 13.3. The number of amides is 1. The fraction of sp³-hybridized carbons (Fsp3) is 0.316. The van der Waals surface area contributed by atoms with Crippen LogP contribution in [0.3, 0.4) is 0 Å². The monoisotopic (exact) mass is 390 g/mol. The Kier molecular flexibility index (Phi) is 5.63. The van der Waals surface area contributed by atoms with Gasteiger partial charge in [0.05, 0.1) is 5.92 Å². The molecule has 3 nitrogen and oxygen atoms in total. The first kappa shape index (κ1) is 17.1. The number of piperidine rings is 1. The summed E-state index contributed by atoms with van der Waals surface area (Å²) in [5, 5.41) is 2.98. The molecule has 1 N–H and O–H groups in total. The van der Waals surface area contributed by atoms with E-state index in [1.54, 1.807) is 12.1 Å². The van der Waals surface area contributed by atoms with Gasteiger partial charge in [-0.25, -0.2) is 4.39 Å². The van der Waals surface area contributed by atoms with Crippen LogP contribution in [0.5, 0.6) is 0 Å². The Morgan fingerprint density at radius 1 is 1.25 bits per heavy atom. The second-order valence-electron chi connectivity index (χ2n) is 6.17. The molecule has 0 saturated carbocycles. The molecule has 1 aliphatic rings. The summed E-state index contributed by atoms with van der Waals surface area (Å²) in [5.74, 6) is -0.214. The zero-order valence-corrected chi connectivity index (χ0v) is 14.9. The van der Waals surface area contributed by atoms with Crippen LogP contribution in [0.15, 0.2) is 53.0 Å². The van der Waals surface area contributed by atoms with Gasteiger partial charge >= 0.3 is 0 Å². The number of hydrogen-bond donors (Lipinski definition) is 1. The van der Waals surface area contributed by atoms with Crippen molar-refractivity contribution in [3.8, 4) is 0 Å². The van der Waals surface area contributed by atoms with Crippen molar-refractivity contribution in [2.45, 2.75) is 19.4 Å². The number of rotatable bonds is 4. The van der Waals surface area contributed by atoms with Crippen molar-refractivity contribution < 1.29 is 9.18 Å². The van der Waals surface area contributed by atoms with E-state index in [2.05, 4.69) is 26.1 Å². The van der Waals surface area contributed by atoms with Gasteiger partial charge in [0.2, 0.25) is 5.91 Å². The Labute approximate surface area is 150 Å². The highest BCUT2D eigenvalue weighted by molar-refractivity contribution is 9.10. The third kappa shape index (κ3) is 4.42. The van der Waals surface area contributed by atoms with Gasteiger partial charge in [-0.2, -0.15) is 0 Å². The van der Waals surface area contributed by atoms with Crippen molar-refractivity contribution in [2.24, 2.45) is 5.92 Å². The molecule has 3 rings (SSSR count). The lowest BCUT2D eigenvalue weighted by Gasteiger charge is -2.32. The number of halogens is 2. The molecule has 2 aromatic carbocycles. The van der Waals surface area contributed by atoms with Crippen LogP contribution in [-0.4, -0.2) is 23.9 Å². The normalized spacial score (nSPS) is 18.3. The molecule has 1 saturated heterocycles. The predicted molar refractivity (Wildman–Crippen MR) is 97.2 cm³/mol. The summed E-state index contributed by atoms with van der Waals surface area (Å²) in [6.07, 6.45) is 1.82. The molecule has 2 aromatic rings. The molecule has 1 fully saturated rings. The molecular formula is C19H20BrFN2O. The largest absolute Gasteiger partial charge is 0.326 e. The SMILES string of the molecule is O=C(Nc1cccc(Br)c1)C1CCCN(Cc2ccccc2F)C1. The van der Waals surface area contributed by atoms with Crippen LogP contribution < -0.4 is 5.32 Å². The number of carbonyl (C=O) groups is 1. The van der Waals surface area contributed by atoms with Gasteiger partial charge in [-0.15, -0.1) is 0 Å². The molecule has 1 atom stereocenters. The van der Waals surface area contributed by atoms with E-state index in [0.717, 1.165) is 29.5 Å². The highest BCUT2D eigenvalue weighted by Gasteiger charge is 2.26. The van der Waals surface area contributed by atoms with E-state index in [4.69, 9.17) is 0 Å². The Bertz CT molecular complexity index is 722. The van der Waals surface area contributed by atoms with E-state index in [9.17, 15) is 9.18 Å². The van der Waals surface area contributed by atoms with Crippen LogP contribution in [0.1, 0.15) is 18.4 Å². The summed E-state index contributed by atoms with van der Waals surface area (Å²) in [6, 6.07) is 14.4. The van der Waals surface area contributed by atoms with E-state index in [-0.39, 0.29) is 17.6 Å². The minimum Gasteiger partial charge on any atom is -0.326 e. The summed E-state index contributed by atoms with van der Waals surface area (Å²) in [4.78, 5) is 14.7.